The molecule has 0 aliphatic heterocycles. The lowest BCUT2D eigenvalue weighted by Crippen LogP contribution is -2.05. The number of aromatic nitrogens is 1. The summed E-state index contributed by atoms with van der Waals surface area (Å²) in [6.07, 6.45) is 2.01. The van der Waals surface area contributed by atoms with E-state index in [2.05, 4.69) is 6.92 Å². The summed E-state index contributed by atoms with van der Waals surface area (Å²) >= 11 is 1.55. The number of aromatic hydroxyl groups is 2. The lowest BCUT2D eigenvalue weighted by Gasteiger charge is -2.07. The van der Waals surface area contributed by atoms with Crippen LogP contribution in [0.4, 0.5) is 0 Å². The highest BCUT2D eigenvalue weighted by atomic mass is 32.2. The number of thioether (sulfide) groups is 1. The van der Waals surface area contributed by atoms with Gasteiger partial charge in [-0.05, 0) is 18.6 Å². The van der Waals surface area contributed by atoms with E-state index >= 15 is 0 Å². The quantitative estimate of drug-likeness (QED) is 0.557. The van der Waals surface area contributed by atoms with Gasteiger partial charge in [0.15, 0.2) is 5.88 Å². The molecule has 1 aromatic rings. The summed E-state index contributed by atoms with van der Waals surface area (Å²) in [5, 5.41) is 19.6. The molecule has 0 unspecified atom stereocenters. The molecule has 1 heterocycles. The summed E-state index contributed by atoms with van der Waals surface area (Å²) < 4.78 is 6.82. The van der Waals surface area contributed by atoms with Crippen LogP contribution in [0.25, 0.3) is 0 Å². The van der Waals surface area contributed by atoms with E-state index in [1.807, 2.05) is 6.92 Å². The standard InChI is InChI=1S/C12H21NO3S/c1-3-6-16-7-5-13-11(14)9-10(12(13)15)17-8-4-2/h9,14-15H,3-8H2,1-2H3. The molecule has 0 aromatic carbocycles. The average molecular weight is 259 g/mol. The van der Waals surface area contributed by atoms with Gasteiger partial charge in [-0.1, -0.05) is 13.8 Å². The predicted molar refractivity (Wildman–Crippen MR) is 69.9 cm³/mol. The van der Waals surface area contributed by atoms with Gasteiger partial charge in [-0.15, -0.1) is 11.8 Å². The van der Waals surface area contributed by atoms with Crippen LogP contribution in [0, 0.1) is 0 Å². The van der Waals surface area contributed by atoms with Crippen molar-refractivity contribution in [2.75, 3.05) is 19.0 Å². The minimum absolute atomic E-state index is 0.0983. The van der Waals surface area contributed by atoms with Crippen LogP contribution in [0.5, 0.6) is 11.8 Å². The molecule has 0 saturated heterocycles. The fourth-order valence-electron chi connectivity index (χ4n) is 1.44. The lowest BCUT2D eigenvalue weighted by atomic mass is 10.5. The molecular formula is C12H21NO3S. The maximum absolute atomic E-state index is 9.92. The van der Waals surface area contributed by atoms with E-state index in [1.165, 1.54) is 4.57 Å². The van der Waals surface area contributed by atoms with Gasteiger partial charge in [0.1, 0.15) is 0 Å². The summed E-state index contributed by atoms with van der Waals surface area (Å²) in [5.74, 6) is 1.17. The van der Waals surface area contributed by atoms with Crippen LogP contribution in [0.2, 0.25) is 0 Å². The monoisotopic (exact) mass is 259 g/mol. The first-order valence-corrected chi connectivity index (χ1v) is 7.01. The third-order valence-electron chi connectivity index (χ3n) is 2.28. The highest BCUT2D eigenvalue weighted by molar-refractivity contribution is 7.99. The zero-order chi connectivity index (χ0) is 12.7. The second kappa shape index (κ2) is 7.50. The predicted octanol–water partition coefficient (Wildman–Crippen LogP) is 2.83. The van der Waals surface area contributed by atoms with Crippen LogP contribution in [0.1, 0.15) is 26.7 Å². The van der Waals surface area contributed by atoms with Gasteiger partial charge < -0.3 is 14.9 Å². The summed E-state index contributed by atoms with van der Waals surface area (Å²) in [7, 11) is 0. The van der Waals surface area contributed by atoms with Crippen molar-refractivity contribution in [2.45, 2.75) is 38.1 Å². The van der Waals surface area contributed by atoms with Gasteiger partial charge in [0.25, 0.3) is 0 Å². The molecular weight excluding hydrogens is 238 g/mol. The Bertz CT molecular complexity index is 339. The number of rotatable bonds is 8. The Balaban J connectivity index is 2.55. The zero-order valence-corrected chi connectivity index (χ0v) is 11.3. The fourth-order valence-corrected chi connectivity index (χ4v) is 2.29. The highest BCUT2D eigenvalue weighted by Gasteiger charge is 2.13. The smallest absolute Gasteiger partial charge is 0.208 e. The lowest BCUT2D eigenvalue weighted by molar-refractivity contribution is 0.123. The van der Waals surface area contributed by atoms with Crippen LogP contribution >= 0.6 is 11.8 Å². The first-order chi connectivity index (χ1) is 8.20. The molecule has 0 amide bonds. The Morgan fingerprint density at radius 1 is 1.24 bits per heavy atom. The van der Waals surface area contributed by atoms with Gasteiger partial charge in [-0.2, -0.15) is 0 Å². The molecule has 2 N–H and O–H groups in total. The van der Waals surface area contributed by atoms with Crippen LogP contribution in [-0.2, 0) is 11.3 Å². The minimum Gasteiger partial charge on any atom is -0.494 e. The van der Waals surface area contributed by atoms with Crippen LogP contribution < -0.4 is 0 Å². The zero-order valence-electron chi connectivity index (χ0n) is 10.5. The van der Waals surface area contributed by atoms with E-state index in [-0.39, 0.29) is 11.8 Å². The van der Waals surface area contributed by atoms with E-state index in [9.17, 15) is 10.2 Å². The molecule has 0 radical (unpaired) electrons. The van der Waals surface area contributed by atoms with Gasteiger partial charge in [0.2, 0.25) is 5.88 Å². The highest BCUT2D eigenvalue weighted by Crippen LogP contribution is 2.35. The largest absolute Gasteiger partial charge is 0.494 e. The second-order valence-corrected chi connectivity index (χ2v) is 4.94. The van der Waals surface area contributed by atoms with E-state index in [0.717, 1.165) is 23.5 Å². The molecule has 0 spiro atoms. The van der Waals surface area contributed by atoms with Gasteiger partial charge >= 0.3 is 0 Å². The van der Waals surface area contributed by atoms with E-state index in [4.69, 9.17) is 4.74 Å². The van der Waals surface area contributed by atoms with E-state index in [1.54, 1.807) is 17.8 Å². The van der Waals surface area contributed by atoms with Gasteiger partial charge in [0.05, 0.1) is 18.0 Å². The van der Waals surface area contributed by atoms with Crippen LogP contribution in [-0.4, -0.2) is 33.7 Å². The molecule has 0 atom stereocenters. The minimum atomic E-state index is 0.0983. The number of hydrogen-bond donors (Lipinski definition) is 2. The van der Waals surface area contributed by atoms with Crippen molar-refractivity contribution >= 4 is 11.8 Å². The maximum atomic E-state index is 9.92. The third kappa shape index (κ3) is 4.16. The van der Waals surface area contributed by atoms with Crippen LogP contribution in [0.15, 0.2) is 11.0 Å². The topological polar surface area (TPSA) is 54.6 Å². The molecule has 0 saturated carbocycles. The van der Waals surface area contributed by atoms with Crippen molar-refractivity contribution in [1.82, 2.24) is 4.57 Å². The Morgan fingerprint density at radius 2 is 2.00 bits per heavy atom. The molecule has 0 aliphatic carbocycles. The molecule has 0 fully saturated rings. The Kier molecular flexibility index (Phi) is 6.29. The van der Waals surface area contributed by atoms with Crippen molar-refractivity contribution in [3.8, 4) is 11.8 Å². The third-order valence-corrected chi connectivity index (χ3v) is 3.51. The molecule has 4 nitrogen and oxygen atoms in total. The molecule has 0 bridgehead atoms. The molecule has 17 heavy (non-hydrogen) atoms. The summed E-state index contributed by atoms with van der Waals surface area (Å²) in [6.45, 7) is 5.82. The summed E-state index contributed by atoms with van der Waals surface area (Å²) in [5.41, 5.74) is 0. The fraction of sp³-hybridized carbons (Fsp3) is 0.667. The normalized spacial score (nSPS) is 10.9. The Labute approximate surface area is 107 Å². The van der Waals surface area contributed by atoms with Gasteiger partial charge in [0, 0.05) is 12.7 Å². The second-order valence-electron chi connectivity index (χ2n) is 3.80. The summed E-state index contributed by atoms with van der Waals surface area (Å²) in [4.78, 5) is 0.736. The number of nitrogens with zero attached hydrogens (tertiary/aromatic N) is 1. The first kappa shape index (κ1) is 14.3. The first-order valence-electron chi connectivity index (χ1n) is 6.02. The molecule has 5 heteroatoms. The van der Waals surface area contributed by atoms with Crippen molar-refractivity contribution in [3.05, 3.63) is 6.07 Å². The maximum Gasteiger partial charge on any atom is 0.208 e. The van der Waals surface area contributed by atoms with Crippen LogP contribution in [0.3, 0.4) is 0 Å². The van der Waals surface area contributed by atoms with E-state index in [0.29, 0.717) is 19.8 Å². The van der Waals surface area contributed by atoms with Crippen molar-refractivity contribution in [3.63, 3.8) is 0 Å². The molecule has 1 aromatic heterocycles. The Hall–Kier alpha value is -0.810. The number of hydrogen-bond acceptors (Lipinski definition) is 4. The average Bonchev–Trinajstić information content (AvgIpc) is 2.58. The van der Waals surface area contributed by atoms with Crippen molar-refractivity contribution < 1.29 is 14.9 Å². The molecule has 98 valence electrons. The molecule has 0 aliphatic rings. The van der Waals surface area contributed by atoms with Gasteiger partial charge in [-0.25, -0.2) is 0 Å². The van der Waals surface area contributed by atoms with Crippen molar-refractivity contribution in [2.24, 2.45) is 0 Å². The van der Waals surface area contributed by atoms with Gasteiger partial charge in [-0.3, -0.25) is 4.57 Å². The SMILES string of the molecule is CCCOCCn1c(O)cc(SCCC)c1O. The number of ether oxygens (including phenoxy) is 1. The van der Waals surface area contributed by atoms with Crippen molar-refractivity contribution in [1.29, 1.82) is 0 Å². The Morgan fingerprint density at radius 3 is 2.65 bits per heavy atom. The molecule has 1 rings (SSSR count). The summed E-state index contributed by atoms with van der Waals surface area (Å²) in [6, 6.07) is 1.61. The van der Waals surface area contributed by atoms with E-state index < -0.39 is 0 Å².